The van der Waals surface area contributed by atoms with Gasteiger partial charge in [-0.15, -0.1) is 0 Å². The summed E-state index contributed by atoms with van der Waals surface area (Å²) < 4.78 is 5.00. The van der Waals surface area contributed by atoms with Gasteiger partial charge in [0.05, 0.1) is 6.61 Å². The molecular formula is C9H17NO2. The lowest BCUT2D eigenvalue weighted by molar-refractivity contribution is -0.143. The lowest BCUT2D eigenvalue weighted by Crippen LogP contribution is -2.09. The van der Waals surface area contributed by atoms with Crippen molar-refractivity contribution in [2.75, 3.05) is 13.2 Å². The highest BCUT2D eigenvalue weighted by Gasteiger charge is 2.20. The van der Waals surface area contributed by atoms with E-state index in [9.17, 15) is 4.79 Å². The normalized spacial score (nSPS) is 16.1. The highest BCUT2D eigenvalue weighted by atomic mass is 16.5. The molecule has 0 aromatic heterocycles. The molecule has 0 aromatic rings. The van der Waals surface area contributed by atoms with Crippen molar-refractivity contribution in [3.05, 3.63) is 0 Å². The number of carbonyl (C=O) groups is 1. The molecule has 12 heavy (non-hydrogen) atoms. The van der Waals surface area contributed by atoms with Crippen LogP contribution in [0.3, 0.4) is 0 Å². The van der Waals surface area contributed by atoms with Crippen molar-refractivity contribution in [2.45, 2.75) is 32.1 Å². The average molecular weight is 171 g/mol. The second-order valence-corrected chi connectivity index (χ2v) is 3.34. The molecule has 0 spiro atoms. The third kappa shape index (κ3) is 4.34. The summed E-state index contributed by atoms with van der Waals surface area (Å²) in [5.74, 6) is 0.744. The smallest absolute Gasteiger partial charge is 0.305 e. The maximum atomic E-state index is 10.9. The van der Waals surface area contributed by atoms with Gasteiger partial charge in [-0.2, -0.15) is 0 Å². The van der Waals surface area contributed by atoms with E-state index in [0.717, 1.165) is 18.8 Å². The number of ether oxygens (including phenoxy) is 1. The van der Waals surface area contributed by atoms with Crippen LogP contribution in [-0.2, 0) is 9.53 Å². The molecule has 70 valence electrons. The molecule has 0 radical (unpaired) electrons. The Hall–Kier alpha value is -0.570. The van der Waals surface area contributed by atoms with Gasteiger partial charge in [0.25, 0.3) is 0 Å². The van der Waals surface area contributed by atoms with E-state index >= 15 is 0 Å². The van der Waals surface area contributed by atoms with E-state index in [1.165, 1.54) is 12.8 Å². The Balaban J connectivity index is 1.86. The van der Waals surface area contributed by atoms with Crippen LogP contribution in [0.5, 0.6) is 0 Å². The molecule has 1 aliphatic rings. The molecular weight excluding hydrogens is 154 g/mol. The molecule has 1 fully saturated rings. The molecule has 1 saturated carbocycles. The van der Waals surface area contributed by atoms with E-state index in [1.807, 2.05) is 0 Å². The average Bonchev–Trinajstić information content (AvgIpc) is 2.84. The molecule has 0 heterocycles. The van der Waals surface area contributed by atoms with Crippen LogP contribution in [0.2, 0.25) is 0 Å². The molecule has 0 aliphatic heterocycles. The number of hydrogen-bond donors (Lipinski definition) is 1. The summed E-state index contributed by atoms with van der Waals surface area (Å²) in [5, 5.41) is 0. The fraction of sp³-hybridized carbons (Fsp3) is 0.889. The predicted molar refractivity (Wildman–Crippen MR) is 46.6 cm³/mol. The quantitative estimate of drug-likeness (QED) is 0.608. The van der Waals surface area contributed by atoms with E-state index in [2.05, 4.69) is 0 Å². The Bertz CT molecular complexity index is 143. The van der Waals surface area contributed by atoms with Crippen molar-refractivity contribution in [1.29, 1.82) is 0 Å². The first-order valence-electron chi connectivity index (χ1n) is 4.68. The van der Waals surface area contributed by atoms with Crippen molar-refractivity contribution in [3.8, 4) is 0 Å². The van der Waals surface area contributed by atoms with Gasteiger partial charge in [0.1, 0.15) is 0 Å². The minimum absolute atomic E-state index is 0.0962. The molecule has 0 amide bonds. The Morgan fingerprint density at radius 1 is 1.50 bits per heavy atom. The number of carbonyl (C=O) groups excluding carboxylic acids is 1. The van der Waals surface area contributed by atoms with Crippen molar-refractivity contribution in [1.82, 2.24) is 0 Å². The highest BCUT2D eigenvalue weighted by Crippen LogP contribution is 2.32. The van der Waals surface area contributed by atoms with Crippen LogP contribution < -0.4 is 5.73 Å². The Morgan fingerprint density at radius 2 is 2.25 bits per heavy atom. The monoisotopic (exact) mass is 171 g/mol. The van der Waals surface area contributed by atoms with Crippen LogP contribution in [-0.4, -0.2) is 19.1 Å². The first kappa shape index (κ1) is 9.52. The van der Waals surface area contributed by atoms with E-state index < -0.39 is 0 Å². The molecule has 0 aromatic carbocycles. The van der Waals surface area contributed by atoms with Gasteiger partial charge in [-0.25, -0.2) is 0 Å². The van der Waals surface area contributed by atoms with Gasteiger partial charge in [-0.1, -0.05) is 12.8 Å². The Morgan fingerprint density at radius 3 is 2.83 bits per heavy atom. The molecule has 0 unspecified atom stereocenters. The van der Waals surface area contributed by atoms with E-state index in [4.69, 9.17) is 10.5 Å². The lowest BCUT2D eigenvalue weighted by atomic mass is 10.3. The van der Waals surface area contributed by atoms with Crippen LogP contribution in [0, 0.1) is 5.92 Å². The summed E-state index contributed by atoms with van der Waals surface area (Å²) in [5.41, 5.74) is 5.26. The first-order chi connectivity index (χ1) is 5.83. The predicted octanol–water partition coefficient (Wildman–Crippen LogP) is 1.07. The highest BCUT2D eigenvalue weighted by molar-refractivity contribution is 5.69. The van der Waals surface area contributed by atoms with Gasteiger partial charge >= 0.3 is 5.97 Å². The summed E-state index contributed by atoms with van der Waals surface area (Å²) in [6, 6.07) is 0. The van der Waals surface area contributed by atoms with Crippen LogP contribution in [0.25, 0.3) is 0 Å². The van der Waals surface area contributed by atoms with Crippen LogP contribution in [0.1, 0.15) is 32.1 Å². The van der Waals surface area contributed by atoms with Crippen LogP contribution in [0.4, 0.5) is 0 Å². The summed E-state index contributed by atoms with van der Waals surface area (Å²) in [4.78, 5) is 10.9. The summed E-state index contributed by atoms with van der Waals surface area (Å²) in [7, 11) is 0. The van der Waals surface area contributed by atoms with Crippen molar-refractivity contribution in [3.63, 3.8) is 0 Å². The zero-order chi connectivity index (χ0) is 8.81. The number of esters is 1. The van der Waals surface area contributed by atoms with Crippen LogP contribution in [0.15, 0.2) is 0 Å². The first-order valence-corrected chi connectivity index (χ1v) is 4.68. The zero-order valence-electron chi connectivity index (χ0n) is 7.42. The molecule has 0 atom stereocenters. The maximum absolute atomic E-state index is 10.9. The topological polar surface area (TPSA) is 52.3 Å². The van der Waals surface area contributed by atoms with Crippen LogP contribution >= 0.6 is 0 Å². The summed E-state index contributed by atoms with van der Waals surface area (Å²) in [6.45, 7) is 1.17. The van der Waals surface area contributed by atoms with Gasteiger partial charge < -0.3 is 10.5 Å². The van der Waals surface area contributed by atoms with Gasteiger partial charge in [0.15, 0.2) is 0 Å². The standard InChI is InChI=1S/C9H17NO2/c10-6-1-2-9(11)12-7-5-8-3-4-8/h8H,1-7,10H2. The third-order valence-electron chi connectivity index (χ3n) is 2.07. The van der Waals surface area contributed by atoms with Crippen molar-refractivity contribution >= 4 is 5.97 Å². The van der Waals surface area contributed by atoms with Crippen molar-refractivity contribution < 1.29 is 9.53 Å². The molecule has 1 rings (SSSR count). The Kier molecular flexibility index (Phi) is 4.08. The van der Waals surface area contributed by atoms with Gasteiger partial charge in [-0.05, 0) is 25.3 Å². The number of rotatable bonds is 6. The van der Waals surface area contributed by atoms with E-state index in [0.29, 0.717) is 19.6 Å². The van der Waals surface area contributed by atoms with Crippen molar-refractivity contribution in [2.24, 2.45) is 11.7 Å². The molecule has 0 saturated heterocycles. The minimum Gasteiger partial charge on any atom is -0.466 e. The van der Waals surface area contributed by atoms with Gasteiger partial charge in [0, 0.05) is 6.42 Å². The number of hydrogen-bond acceptors (Lipinski definition) is 3. The largest absolute Gasteiger partial charge is 0.466 e. The molecule has 1 aliphatic carbocycles. The third-order valence-corrected chi connectivity index (χ3v) is 2.07. The van der Waals surface area contributed by atoms with E-state index in [1.54, 1.807) is 0 Å². The zero-order valence-corrected chi connectivity index (χ0v) is 7.42. The molecule has 3 heteroatoms. The minimum atomic E-state index is -0.0962. The fourth-order valence-corrected chi connectivity index (χ4v) is 1.06. The molecule has 0 bridgehead atoms. The lowest BCUT2D eigenvalue weighted by Gasteiger charge is -2.02. The summed E-state index contributed by atoms with van der Waals surface area (Å²) >= 11 is 0. The van der Waals surface area contributed by atoms with Gasteiger partial charge in [-0.3, -0.25) is 4.79 Å². The fourth-order valence-electron chi connectivity index (χ4n) is 1.06. The summed E-state index contributed by atoms with van der Waals surface area (Å²) in [6.07, 6.45) is 4.90. The Labute approximate surface area is 73.3 Å². The second-order valence-electron chi connectivity index (χ2n) is 3.34. The number of nitrogens with two attached hydrogens (primary N) is 1. The second kappa shape index (κ2) is 5.14. The van der Waals surface area contributed by atoms with E-state index in [-0.39, 0.29) is 5.97 Å². The van der Waals surface area contributed by atoms with Gasteiger partial charge in [0.2, 0.25) is 0 Å². The SMILES string of the molecule is NCCCC(=O)OCCC1CC1. The molecule has 2 N–H and O–H groups in total. The molecule has 3 nitrogen and oxygen atoms in total. The maximum Gasteiger partial charge on any atom is 0.305 e.